The Hall–Kier alpha value is -2.93. The molecule has 0 aromatic carbocycles. The molecule has 1 aliphatic rings. The van der Waals surface area contributed by atoms with Crippen LogP contribution in [0.25, 0.3) is 11.4 Å². The summed E-state index contributed by atoms with van der Waals surface area (Å²) in [6.45, 7) is 1.79. The summed E-state index contributed by atoms with van der Waals surface area (Å²) in [6.07, 6.45) is 5.63. The van der Waals surface area contributed by atoms with Gasteiger partial charge in [0.15, 0.2) is 0 Å². The van der Waals surface area contributed by atoms with E-state index in [1.165, 1.54) is 0 Å². The van der Waals surface area contributed by atoms with Gasteiger partial charge in [0.1, 0.15) is 11.4 Å². The number of amides is 1. The molecule has 140 valence electrons. The fourth-order valence-corrected chi connectivity index (χ4v) is 3.41. The first-order chi connectivity index (χ1) is 13.2. The first-order valence-electron chi connectivity index (χ1n) is 9.18. The fourth-order valence-electron chi connectivity index (χ4n) is 3.41. The van der Waals surface area contributed by atoms with Crippen LogP contribution in [0.3, 0.4) is 0 Å². The van der Waals surface area contributed by atoms with Gasteiger partial charge in [-0.2, -0.15) is 5.10 Å². The molecule has 1 amide bonds. The Balaban J connectivity index is 1.38. The second-order valence-electron chi connectivity index (χ2n) is 6.82. The molecule has 0 aliphatic carbocycles. The van der Waals surface area contributed by atoms with Crippen LogP contribution in [-0.4, -0.2) is 49.7 Å². The Kier molecular flexibility index (Phi) is 5.02. The van der Waals surface area contributed by atoms with E-state index in [2.05, 4.69) is 15.2 Å². The van der Waals surface area contributed by atoms with E-state index in [9.17, 15) is 4.79 Å². The predicted octanol–water partition coefficient (Wildman–Crippen LogP) is 2.63. The Labute approximate surface area is 158 Å². The smallest absolute Gasteiger partial charge is 0.271 e. The maximum Gasteiger partial charge on any atom is 0.271 e. The number of hydrogen-bond donors (Lipinski definition) is 1. The quantitative estimate of drug-likeness (QED) is 0.754. The lowest BCUT2D eigenvalue weighted by Crippen LogP contribution is -2.43. The van der Waals surface area contributed by atoms with Gasteiger partial charge in [-0.1, -0.05) is 6.07 Å². The summed E-state index contributed by atoms with van der Waals surface area (Å²) in [5.74, 6) is -0.0332. The number of H-pyrrole nitrogens is 1. The van der Waals surface area contributed by atoms with Crippen LogP contribution in [0.15, 0.2) is 48.8 Å². The molecule has 0 saturated carbocycles. The van der Waals surface area contributed by atoms with Crippen LogP contribution in [0.2, 0.25) is 0 Å². The Morgan fingerprint density at radius 3 is 3.04 bits per heavy atom. The van der Waals surface area contributed by atoms with Gasteiger partial charge < -0.3 is 14.2 Å². The third-order valence-electron chi connectivity index (χ3n) is 4.87. The van der Waals surface area contributed by atoms with Crippen LogP contribution in [-0.2, 0) is 18.4 Å². The molecule has 1 saturated heterocycles. The average molecular weight is 365 g/mol. The number of carbonyl (C=O) groups excluding carboxylic acids is 1. The molecular formula is C20H23N5O2. The zero-order chi connectivity index (χ0) is 18.6. The summed E-state index contributed by atoms with van der Waals surface area (Å²) in [4.78, 5) is 19.0. The number of aromatic amines is 1. The molecule has 0 spiro atoms. The van der Waals surface area contributed by atoms with Crippen LogP contribution in [0.1, 0.15) is 29.0 Å². The molecule has 3 aromatic heterocycles. The molecule has 7 heteroatoms. The SMILES string of the molecule is Cn1cccc1-c1cc(C(=O)N2CCC[C@H](OCc3ccccn3)C2)[nH]n1. The number of carbonyl (C=O) groups is 1. The van der Waals surface area contributed by atoms with Crippen molar-refractivity contribution in [1.82, 2.24) is 24.6 Å². The number of ether oxygens (including phenoxy) is 1. The van der Waals surface area contributed by atoms with Gasteiger partial charge in [0.2, 0.25) is 0 Å². The van der Waals surface area contributed by atoms with Crippen LogP contribution in [0, 0.1) is 0 Å². The molecule has 1 atom stereocenters. The Morgan fingerprint density at radius 1 is 1.33 bits per heavy atom. The van der Waals surface area contributed by atoms with Crippen molar-refractivity contribution in [3.63, 3.8) is 0 Å². The molecule has 0 unspecified atom stereocenters. The van der Waals surface area contributed by atoms with E-state index in [0.717, 1.165) is 36.5 Å². The lowest BCUT2D eigenvalue weighted by Gasteiger charge is -2.32. The highest BCUT2D eigenvalue weighted by atomic mass is 16.5. The molecule has 0 bridgehead atoms. The number of aromatic nitrogens is 4. The first-order valence-corrected chi connectivity index (χ1v) is 9.18. The van der Waals surface area contributed by atoms with Gasteiger partial charge in [0.05, 0.1) is 24.1 Å². The zero-order valence-corrected chi connectivity index (χ0v) is 15.3. The van der Waals surface area contributed by atoms with E-state index < -0.39 is 0 Å². The molecule has 0 radical (unpaired) electrons. The Morgan fingerprint density at radius 2 is 2.26 bits per heavy atom. The topological polar surface area (TPSA) is 76.0 Å². The molecule has 4 heterocycles. The summed E-state index contributed by atoms with van der Waals surface area (Å²) >= 11 is 0. The van der Waals surface area contributed by atoms with Crippen LogP contribution in [0.5, 0.6) is 0 Å². The number of piperidine rings is 1. The molecule has 1 N–H and O–H groups in total. The zero-order valence-electron chi connectivity index (χ0n) is 15.3. The van der Waals surface area contributed by atoms with Crippen molar-refractivity contribution in [3.8, 4) is 11.4 Å². The number of nitrogens with zero attached hydrogens (tertiary/aromatic N) is 4. The molecule has 7 nitrogen and oxygen atoms in total. The van der Waals surface area contributed by atoms with Gasteiger partial charge in [-0.25, -0.2) is 0 Å². The largest absolute Gasteiger partial charge is 0.370 e. The summed E-state index contributed by atoms with van der Waals surface area (Å²) < 4.78 is 7.96. The summed E-state index contributed by atoms with van der Waals surface area (Å²) in [5.41, 5.74) is 3.16. The molecule has 4 rings (SSSR count). The lowest BCUT2D eigenvalue weighted by atomic mass is 10.1. The average Bonchev–Trinajstić information content (AvgIpc) is 3.35. The number of aryl methyl sites for hydroxylation is 1. The molecule has 27 heavy (non-hydrogen) atoms. The fraction of sp³-hybridized carbons (Fsp3) is 0.350. The van der Waals surface area contributed by atoms with E-state index >= 15 is 0 Å². The third kappa shape index (κ3) is 3.93. The van der Waals surface area contributed by atoms with Gasteiger partial charge >= 0.3 is 0 Å². The minimum atomic E-state index is -0.0332. The first kappa shape index (κ1) is 17.5. The molecule has 3 aromatic rings. The predicted molar refractivity (Wildman–Crippen MR) is 101 cm³/mol. The van der Waals surface area contributed by atoms with Crippen molar-refractivity contribution < 1.29 is 9.53 Å². The maximum atomic E-state index is 12.9. The Bertz CT molecular complexity index is 902. The lowest BCUT2D eigenvalue weighted by molar-refractivity contribution is -0.00801. The van der Waals surface area contributed by atoms with Crippen molar-refractivity contribution >= 4 is 5.91 Å². The second-order valence-corrected chi connectivity index (χ2v) is 6.82. The number of hydrogen-bond acceptors (Lipinski definition) is 4. The van der Waals surface area contributed by atoms with Crippen molar-refractivity contribution in [2.24, 2.45) is 7.05 Å². The van der Waals surface area contributed by atoms with Gasteiger partial charge in [-0.05, 0) is 43.2 Å². The number of rotatable bonds is 5. The van der Waals surface area contributed by atoms with E-state index in [-0.39, 0.29) is 12.0 Å². The summed E-state index contributed by atoms with van der Waals surface area (Å²) in [6, 6.07) is 11.5. The van der Waals surface area contributed by atoms with Crippen LogP contribution >= 0.6 is 0 Å². The van der Waals surface area contributed by atoms with Crippen molar-refractivity contribution in [3.05, 3.63) is 60.2 Å². The minimum absolute atomic E-state index is 0.0278. The minimum Gasteiger partial charge on any atom is -0.370 e. The number of pyridine rings is 1. The van der Waals surface area contributed by atoms with Gasteiger partial charge in [-0.15, -0.1) is 0 Å². The van der Waals surface area contributed by atoms with Crippen LogP contribution < -0.4 is 0 Å². The van der Waals surface area contributed by atoms with Crippen molar-refractivity contribution in [2.75, 3.05) is 13.1 Å². The molecular weight excluding hydrogens is 342 g/mol. The van der Waals surface area contributed by atoms with E-state index in [1.807, 2.05) is 59.1 Å². The van der Waals surface area contributed by atoms with Crippen molar-refractivity contribution in [2.45, 2.75) is 25.6 Å². The normalized spacial score (nSPS) is 17.2. The highest BCUT2D eigenvalue weighted by Crippen LogP contribution is 2.20. The van der Waals surface area contributed by atoms with Crippen LogP contribution in [0.4, 0.5) is 0 Å². The van der Waals surface area contributed by atoms with Gasteiger partial charge in [0.25, 0.3) is 5.91 Å². The monoisotopic (exact) mass is 365 g/mol. The molecule has 1 aliphatic heterocycles. The standard InChI is InChI=1S/C20H23N5O2/c1-24-10-5-8-19(24)17-12-18(23-22-17)20(26)25-11-4-7-16(13-25)27-14-15-6-2-3-9-21-15/h2-3,5-6,8-10,12,16H,4,7,11,13-14H2,1H3,(H,22,23)/t16-/m0/s1. The maximum absolute atomic E-state index is 12.9. The number of likely N-dealkylation sites (tertiary alicyclic amines) is 1. The van der Waals surface area contributed by atoms with Gasteiger partial charge in [0, 0.05) is 32.5 Å². The van der Waals surface area contributed by atoms with E-state index in [1.54, 1.807) is 6.20 Å². The van der Waals surface area contributed by atoms with Gasteiger partial charge in [-0.3, -0.25) is 14.9 Å². The highest BCUT2D eigenvalue weighted by molar-refractivity contribution is 5.93. The van der Waals surface area contributed by atoms with Crippen molar-refractivity contribution in [1.29, 1.82) is 0 Å². The summed E-state index contributed by atoms with van der Waals surface area (Å²) in [7, 11) is 1.96. The van der Waals surface area contributed by atoms with E-state index in [4.69, 9.17) is 4.74 Å². The van der Waals surface area contributed by atoms with E-state index in [0.29, 0.717) is 18.8 Å². The third-order valence-corrected chi connectivity index (χ3v) is 4.87. The highest BCUT2D eigenvalue weighted by Gasteiger charge is 2.26. The molecule has 1 fully saturated rings. The second kappa shape index (κ2) is 7.75. The number of nitrogens with one attached hydrogen (secondary N) is 1. The summed E-state index contributed by atoms with van der Waals surface area (Å²) in [5, 5.41) is 7.18.